The number of likely N-dealkylation sites (tertiary alicyclic amines) is 1. The van der Waals surface area contributed by atoms with Gasteiger partial charge in [0.2, 0.25) is 0 Å². The van der Waals surface area contributed by atoms with E-state index in [1.165, 1.54) is 10.8 Å². The molecule has 1 atom stereocenters. The Morgan fingerprint density at radius 1 is 1.16 bits per heavy atom. The molecule has 1 fully saturated rings. The Labute approximate surface area is 113 Å². The molecule has 0 radical (unpaired) electrons. The highest BCUT2D eigenvalue weighted by atomic mass is 16.2. The van der Waals surface area contributed by atoms with Crippen molar-refractivity contribution in [3.05, 3.63) is 48.0 Å². The predicted molar refractivity (Wildman–Crippen MR) is 77.1 cm³/mol. The minimum Gasteiger partial charge on any atom is -0.331 e. The van der Waals surface area contributed by atoms with Crippen molar-refractivity contribution >= 4 is 16.8 Å². The van der Waals surface area contributed by atoms with E-state index < -0.39 is 0 Å². The first-order chi connectivity index (χ1) is 9.24. The number of amides is 2. The standard InChI is InChI=1S/C16H18N2O/c1-12(17-16(19)18-9-4-10-18)14-8-7-13-5-2-3-6-15(13)11-14/h2-3,5-8,11-12H,4,9-10H2,1H3,(H,17,19)/t12-/m0/s1. The van der Waals surface area contributed by atoms with Gasteiger partial charge in [0, 0.05) is 13.1 Å². The quantitative estimate of drug-likeness (QED) is 0.876. The molecule has 1 aliphatic heterocycles. The average molecular weight is 254 g/mol. The van der Waals surface area contributed by atoms with E-state index in [1.54, 1.807) is 0 Å². The van der Waals surface area contributed by atoms with Crippen LogP contribution < -0.4 is 5.32 Å². The van der Waals surface area contributed by atoms with Gasteiger partial charge in [-0.05, 0) is 35.7 Å². The van der Waals surface area contributed by atoms with E-state index in [0.717, 1.165) is 25.1 Å². The van der Waals surface area contributed by atoms with Crippen molar-refractivity contribution in [2.24, 2.45) is 0 Å². The summed E-state index contributed by atoms with van der Waals surface area (Å²) in [6, 6.07) is 14.7. The molecule has 3 rings (SSSR count). The highest BCUT2D eigenvalue weighted by Crippen LogP contribution is 2.20. The fourth-order valence-electron chi connectivity index (χ4n) is 2.36. The summed E-state index contributed by atoms with van der Waals surface area (Å²) in [5, 5.41) is 5.49. The van der Waals surface area contributed by atoms with Gasteiger partial charge >= 0.3 is 6.03 Å². The van der Waals surface area contributed by atoms with E-state index >= 15 is 0 Å². The summed E-state index contributed by atoms with van der Waals surface area (Å²) in [6.07, 6.45) is 1.12. The minimum absolute atomic E-state index is 0.0395. The van der Waals surface area contributed by atoms with Crippen LogP contribution in [0.2, 0.25) is 0 Å². The van der Waals surface area contributed by atoms with Crippen LogP contribution >= 0.6 is 0 Å². The summed E-state index contributed by atoms with van der Waals surface area (Å²) in [6.45, 7) is 3.80. The Balaban J connectivity index is 1.77. The van der Waals surface area contributed by atoms with Gasteiger partial charge in [-0.25, -0.2) is 4.79 Å². The molecule has 1 heterocycles. The van der Waals surface area contributed by atoms with Gasteiger partial charge in [0.15, 0.2) is 0 Å². The molecular formula is C16H18N2O. The van der Waals surface area contributed by atoms with Gasteiger partial charge in [0.25, 0.3) is 0 Å². The molecule has 0 aliphatic carbocycles. The number of nitrogens with zero attached hydrogens (tertiary/aromatic N) is 1. The largest absolute Gasteiger partial charge is 0.331 e. The molecule has 0 spiro atoms. The molecule has 0 unspecified atom stereocenters. The summed E-state index contributed by atoms with van der Waals surface area (Å²) in [5.74, 6) is 0. The molecule has 0 bridgehead atoms. The predicted octanol–water partition coefficient (Wildman–Crippen LogP) is 3.32. The van der Waals surface area contributed by atoms with Crippen molar-refractivity contribution < 1.29 is 4.79 Å². The molecule has 2 aromatic rings. The second kappa shape index (κ2) is 4.92. The SMILES string of the molecule is C[C@H](NC(=O)N1CCC1)c1ccc2ccccc2c1. The maximum absolute atomic E-state index is 11.9. The summed E-state index contributed by atoms with van der Waals surface area (Å²) < 4.78 is 0. The molecule has 2 aromatic carbocycles. The zero-order chi connectivity index (χ0) is 13.2. The monoisotopic (exact) mass is 254 g/mol. The Hall–Kier alpha value is -2.03. The second-order valence-corrected chi connectivity index (χ2v) is 5.12. The van der Waals surface area contributed by atoms with Crippen molar-refractivity contribution in [3.63, 3.8) is 0 Å². The third-order valence-corrected chi connectivity index (χ3v) is 3.76. The Morgan fingerprint density at radius 3 is 2.58 bits per heavy atom. The van der Waals surface area contributed by atoms with Crippen molar-refractivity contribution in [2.45, 2.75) is 19.4 Å². The van der Waals surface area contributed by atoms with Gasteiger partial charge in [-0.3, -0.25) is 0 Å². The molecule has 1 aliphatic rings. The van der Waals surface area contributed by atoms with Crippen LogP contribution in [0.1, 0.15) is 24.9 Å². The first kappa shape index (κ1) is 12.0. The Bertz CT molecular complexity index is 604. The summed E-state index contributed by atoms with van der Waals surface area (Å²) in [5.41, 5.74) is 1.15. The molecule has 0 saturated carbocycles. The highest BCUT2D eigenvalue weighted by Gasteiger charge is 2.21. The minimum atomic E-state index is 0.0395. The lowest BCUT2D eigenvalue weighted by Crippen LogP contribution is -2.48. The van der Waals surface area contributed by atoms with E-state index in [4.69, 9.17) is 0 Å². The molecule has 3 heteroatoms. The van der Waals surface area contributed by atoms with Crippen LogP contribution in [0.25, 0.3) is 10.8 Å². The van der Waals surface area contributed by atoms with Crippen LogP contribution in [0.4, 0.5) is 4.79 Å². The van der Waals surface area contributed by atoms with Crippen molar-refractivity contribution in [3.8, 4) is 0 Å². The van der Waals surface area contributed by atoms with Gasteiger partial charge < -0.3 is 10.2 Å². The van der Waals surface area contributed by atoms with Crippen molar-refractivity contribution in [1.29, 1.82) is 0 Å². The van der Waals surface area contributed by atoms with Crippen LogP contribution in [-0.4, -0.2) is 24.0 Å². The molecule has 0 aromatic heterocycles. The number of urea groups is 1. The Morgan fingerprint density at radius 2 is 1.89 bits per heavy atom. The number of hydrogen-bond acceptors (Lipinski definition) is 1. The topological polar surface area (TPSA) is 32.3 Å². The summed E-state index contributed by atoms with van der Waals surface area (Å²) in [4.78, 5) is 13.7. The number of benzene rings is 2. The van der Waals surface area contributed by atoms with E-state index in [2.05, 4.69) is 35.6 Å². The van der Waals surface area contributed by atoms with E-state index in [9.17, 15) is 4.79 Å². The van der Waals surface area contributed by atoms with Crippen LogP contribution in [0.3, 0.4) is 0 Å². The molecule has 1 N–H and O–H groups in total. The summed E-state index contributed by atoms with van der Waals surface area (Å²) >= 11 is 0. The zero-order valence-electron chi connectivity index (χ0n) is 11.1. The third kappa shape index (κ3) is 2.41. The molecule has 1 saturated heterocycles. The Kier molecular flexibility index (Phi) is 3.11. The summed E-state index contributed by atoms with van der Waals surface area (Å²) in [7, 11) is 0. The van der Waals surface area contributed by atoms with Crippen molar-refractivity contribution in [1.82, 2.24) is 10.2 Å². The first-order valence-corrected chi connectivity index (χ1v) is 6.78. The first-order valence-electron chi connectivity index (χ1n) is 6.78. The number of nitrogens with one attached hydrogen (secondary N) is 1. The number of carbonyl (C=O) groups excluding carboxylic acids is 1. The van der Waals surface area contributed by atoms with Crippen LogP contribution in [0, 0.1) is 0 Å². The maximum atomic E-state index is 11.9. The van der Waals surface area contributed by atoms with Crippen LogP contribution in [0.5, 0.6) is 0 Å². The lowest BCUT2D eigenvalue weighted by Gasteiger charge is -2.32. The molecular weight excluding hydrogens is 236 g/mol. The zero-order valence-corrected chi connectivity index (χ0v) is 11.1. The number of carbonyl (C=O) groups is 1. The molecule has 19 heavy (non-hydrogen) atoms. The van der Waals surface area contributed by atoms with Gasteiger partial charge in [-0.15, -0.1) is 0 Å². The molecule has 3 nitrogen and oxygen atoms in total. The van der Waals surface area contributed by atoms with Gasteiger partial charge in [-0.2, -0.15) is 0 Å². The lowest BCUT2D eigenvalue weighted by molar-refractivity contribution is 0.164. The van der Waals surface area contributed by atoms with Gasteiger partial charge in [0.05, 0.1) is 6.04 Å². The third-order valence-electron chi connectivity index (χ3n) is 3.76. The smallest absolute Gasteiger partial charge is 0.317 e. The van der Waals surface area contributed by atoms with Crippen LogP contribution in [-0.2, 0) is 0 Å². The fourth-order valence-corrected chi connectivity index (χ4v) is 2.36. The van der Waals surface area contributed by atoms with Gasteiger partial charge in [0.1, 0.15) is 0 Å². The second-order valence-electron chi connectivity index (χ2n) is 5.12. The normalized spacial score (nSPS) is 15.9. The molecule has 2 amide bonds. The average Bonchev–Trinajstić information content (AvgIpc) is 2.36. The molecule has 98 valence electrons. The van der Waals surface area contributed by atoms with Crippen molar-refractivity contribution in [2.75, 3.05) is 13.1 Å². The van der Waals surface area contributed by atoms with E-state index in [1.807, 2.05) is 24.0 Å². The lowest BCUT2D eigenvalue weighted by atomic mass is 10.0. The maximum Gasteiger partial charge on any atom is 0.317 e. The van der Waals surface area contributed by atoms with Gasteiger partial charge in [-0.1, -0.05) is 36.4 Å². The highest BCUT2D eigenvalue weighted by molar-refractivity contribution is 5.83. The number of rotatable bonds is 2. The van der Waals surface area contributed by atoms with E-state index in [0.29, 0.717) is 0 Å². The fraction of sp³-hybridized carbons (Fsp3) is 0.312. The number of fused-ring (bicyclic) bond motifs is 1. The van der Waals surface area contributed by atoms with Crippen LogP contribution in [0.15, 0.2) is 42.5 Å². The number of hydrogen-bond donors (Lipinski definition) is 1. The van der Waals surface area contributed by atoms with E-state index in [-0.39, 0.29) is 12.1 Å².